The maximum atomic E-state index is 13.1. The first kappa shape index (κ1) is 7.85. The van der Waals surface area contributed by atoms with E-state index in [9.17, 15) is 9.18 Å². The fourth-order valence-electron chi connectivity index (χ4n) is 1.18. The van der Waals surface area contributed by atoms with E-state index in [-0.39, 0.29) is 29.6 Å². The summed E-state index contributed by atoms with van der Waals surface area (Å²) < 4.78 is 18.0. The minimum atomic E-state index is -0.560. The topological polar surface area (TPSA) is 64.3 Å². The average molecular weight is 182 g/mol. The minimum Gasteiger partial charge on any atom is -0.478 e. The number of rotatable bonds is 0. The number of anilines is 2. The molecule has 1 amide bonds. The van der Waals surface area contributed by atoms with E-state index >= 15 is 0 Å². The SMILES string of the molecule is Nc1cc(F)c2c(c1)NC(=O)CO2. The molecule has 3 N–H and O–H groups in total. The minimum absolute atomic E-state index is 0.0498. The second-order valence-electron chi connectivity index (χ2n) is 2.72. The van der Waals surface area contributed by atoms with Crippen molar-refractivity contribution in [2.75, 3.05) is 17.7 Å². The fourth-order valence-corrected chi connectivity index (χ4v) is 1.18. The highest BCUT2D eigenvalue weighted by Gasteiger charge is 2.19. The van der Waals surface area contributed by atoms with Crippen LogP contribution in [0.5, 0.6) is 5.75 Å². The van der Waals surface area contributed by atoms with Gasteiger partial charge in [0.1, 0.15) is 0 Å². The number of hydrogen-bond donors (Lipinski definition) is 2. The van der Waals surface area contributed by atoms with Crippen LogP contribution in [0, 0.1) is 5.82 Å². The van der Waals surface area contributed by atoms with Crippen LogP contribution in [-0.4, -0.2) is 12.5 Å². The summed E-state index contributed by atoms with van der Waals surface area (Å²) in [5.41, 5.74) is 5.92. The Balaban J connectivity index is 2.53. The van der Waals surface area contributed by atoms with Gasteiger partial charge in [0.15, 0.2) is 18.2 Å². The van der Waals surface area contributed by atoms with Crippen LogP contribution in [0.1, 0.15) is 0 Å². The normalized spacial score (nSPS) is 14.4. The molecule has 0 aromatic heterocycles. The maximum Gasteiger partial charge on any atom is 0.262 e. The third kappa shape index (κ3) is 1.28. The van der Waals surface area contributed by atoms with E-state index in [1.54, 1.807) is 0 Å². The Morgan fingerprint density at radius 1 is 1.54 bits per heavy atom. The average Bonchev–Trinajstić information content (AvgIpc) is 2.02. The second kappa shape index (κ2) is 2.62. The molecule has 0 aliphatic carbocycles. The van der Waals surface area contributed by atoms with Gasteiger partial charge in [-0.3, -0.25) is 4.79 Å². The monoisotopic (exact) mass is 182 g/mol. The van der Waals surface area contributed by atoms with Crippen LogP contribution >= 0.6 is 0 Å². The molecule has 0 unspecified atom stereocenters. The van der Waals surface area contributed by atoms with Crippen molar-refractivity contribution >= 4 is 17.3 Å². The molecule has 0 radical (unpaired) electrons. The predicted octanol–water partition coefficient (Wildman–Crippen LogP) is 0.739. The Labute approximate surface area is 73.5 Å². The van der Waals surface area contributed by atoms with E-state index in [1.807, 2.05) is 0 Å². The van der Waals surface area contributed by atoms with Gasteiger partial charge in [0, 0.05) is 11.8 Å². The summed E-state index contributed by atoms with van der Waals surface area (Å²) in [4.78, 5) is 10.8. The molecule has 1 aromatic rings. The molecule has 2 rings (SSSR count). The third-order valence-electron chi connectivity index (χ3n) is 1.69. The van der Waals surface area contributed by atoms with Crippen LogP contribution in [0.15, 0.2) is 12.1 Å². The molecule has 0 spiro atoms. The Bertz CT molecular complexity index is 379. The molecule has 68 valence electrons. The zero-order chi connectivity index (χ0) is 9.42. The summed E-state index contributed by atoms with van der Waals surface area (Å²) in [5, 5.41) is 2.46. The lowest BCUT2D eigenvalue weighted by molar-refractivity contribution is -0.118. The molecular formula is C8H7FN2O2. The largest absolute Gasteiger partial charge is 0.478 e. The van der Waals surface area contributed by atoms with E-state index < -0.39 is 5.82 Å². The number of carbonyl (C=O) groups is 1. The smallest absolute Gasteiger partial charge is 0.262 e. The van der Waals surface area contributed by atoms with Crippen molar-refractivity contribution < 1.29 is 13.9 Å². The van der Waals surface area contributed by atoms with Gasteiger partial charge in [-0.2, -0.15) is 0 Å². The van der Waals surface area contributed by atoms with Crippen LogP contribution in [0.25, 0.3) is 0 Å². The van der Waals surface area contributed by atoms with E-state index in [1.165, 1.54) is 6.07 Å². The molecule has 0 bridgehead atoms. The number of ether oxygens (including phenoxy) is 1. The second-order valence-corrected chi connectivity index (χ2v) is 2.72. The number of nitrogens with two attached hydrogens (primary N) is 1. The lowest BCUT2D eigenvalue weighted by Gasteiger charge is -2.18. The maximum absolute atomic E-state index is 13.1. The van der Waals surface area contributed by atoms with Crippen LogP contribution in [-0.2, 0) is 4.79 Å². The molecule has 5 heteroatoms. The van der Waals surface area contributed by atoms with Crippen molar-refractivity contribution in [2.24, 2.45) is 0 Å². The molecule has 13 heavy (non-hydrogen) atoms. The first-order valence-corrected chi connectivity index (χ1v) is 3.68. The number of amides is 1. The van der Waals surface area contributed by atoms with Crippen molar-refractivity contribution in [3.63, 3.8) is 0 Å². The zero-order valence-corrected chi connectivity index (χ0v) is 6.63. The van der Waals surface area contributed by atoms with Crippen LogP contribution < -0.4 is 15.8 Å². The predicted molar refractivity (Wildman–Crippen MR) is 44.9 cm³/mol. The summed E-state index contributed by atoms with van der Waals surface area (Å²) in [6, 6.07) is 2.60. The lowest BCUT2D eigenvalue weighted by Crippen LogP contribution is -2.26. The Morgan fingerprint density at radius 3 is 3.08 bits per heavy atom. The molecule has 4 nitrogen and oxygen atoms in total. The summed E-state index contributed by atoms with van der Waals surface area (Å²) in [6.07, 6.45) is 0. The van der Waals surface area contributed by atoms with Crippen molar-refractivity contribution in [3.05, 3.63) is 17.9 Å². The van der Waals surface area contributed by atoms with Gasteiger partial charge >= 0.3 is 0 Å². The van der Waals surface area contributed by atoms with Gasteiger partial charge in [0.05, 0.1) is 5.69 Å². The van der Waals surface area contributed by atoms with Gasteiger partial charge in [-0.05, 0) is 6.07 Å². The van der Waals surface area contributed by atoms with Crippen molar-refractivity contribution in [2.45, 2.75) is 0 Å². The number of nitrogen functional groups attached to an aromatic ring is 1. The van der Waals surface area contributed by atoms with Gasteiger partial charge in [0.2, 0.25) is 0 Å². The number of nitrogens with one attached hydrogen (secondary N) is 1. The molecule has 1 aliphatic rings. The molecule has 1 heterocycles. The van der Waals surface area contributed by atoms with Gasteiger partial charge in [-0.15, -0.1) is 0 Å². The highest BCUT2D eigenvalue weighted by molar-refractivity contribution is 5.96. The van der Waals surface area contributed by atoms with E-state index in [0.717, 1.165) is 6.07 Å². The number of fused-ring (bicyclic) bond motifs is 1. The fraction of sp³-hybridized carbons (Fsp3) is 0.125. The molecule has 1 aromatic carbocycles. The molecule has 0 fully saturated rings. The Morgan fingerprint density at radius 2 is 2.31 bits per heavy atom. The molecule has 0 atom stereocenters. The highest BCUT2D eigenvalue weighted by atomic mass is 19.1. The summed E-state index contributed by atoms with van der Waals surface area (Å²) in [6.45, 7) is -0.159. The highest BCUT2D eigenvalue weighted by Crippen LogP contribution is 2.32. The number of benzene rings is 1. The van der Waals surface area contributed by atoms with Crippen molar-refractivity contribution in [1.82, 2.24) is 0 Å². The Kier molecular flexibility index (Phi) is 1.58. The first-order chi connectivity index (χ1) is 6.16. The third-order valence-corrected chi connectivity index (χ3v) is 1.69. The standard InChI is InChI=1S/C8H7FN2O2/c9-5-1-4(10)2-6-8(5)13-3-7(12)11-6/h1-2H,3,10H2,(H,11,12). The molecule has 1 aliphatic heterocycles. The summed E-state index contributed by atoms with van der Waals surface area (Å²) in [7, 11) is 0. The quantitative estimate of drug-likeness (QED) is 0.581. The lowest BCUT2D eigenvalue weighted by atomic mass is 10.2. The van der Waals surface area contributed by atoms with Crippen molar-refractivity contribution in [3.8, 4) is 5.75 Å². The van der Waals surface area contributed by atoms with E-state index in [4.69, 9.17) is 10.5 Å². The summed E-state index contributed by atoms with van der Waals surface area (Å²) >= 11 is 0. The zero-order valence-electron chi connectivity index (χ0n) is 6.63. The summed E-state index contributed by atoms with van der Waals surface area (Å²) in [5.74, 6) is -0.818. The number of halogens is 1. The molecule has 0 saturated carbocycles. The van der Waals surface area contributed by atoms with Gasteiger partial charge in [0.25, 0.3) is 5.91 Å². The number of carbonyl (C=O) groups excluding carboxylic acids is 1. The van der Waals surface area contributed by atoms with E-state index in [0.29, 0.717) is 0 Å². The number of hydrogen-bond acceptors (Lipinski definition) is 3. The van der Waals surface area contributed by atoms with Crippen LogP contribution in [0.4, 0.5) is 15.8 Å². The van der Waals surface area contributed by atoms with E-state index in [2.05, 4.69) is 5.32 Å². The molecular weight excluding hydrogens is 175 g/mol. The van der Waals surface area contributed by atoms with Crippen LogP contribution in [0.3, 0.4) is 0 Å². The van der Waals surface area contributed by atoms with Gasteiger partial charge < -0.3 is 15.8 Å². The van der Waals surface area contributed by atoms with Crippen molar-refractivity contribution in [1.29, 1.82) is 0 Å². The van der Waals surface area contributed by atoms with Gasteiger partial charge in [-0.1, -0.05) is 0 Å². The molecule has 0 saturated heterocycles. The van der Waals surface area contributed by atoms with Gasteiger partial charge in [-0.25, -0.2) is 4.39 Å². The Hall–Kier alpha value is -1.78. The van der Waals surface area contributed by atoms with Crippen LogP contribution in [0.2, 0.25) is 0 Å². The first-order valence-electron chi connectivity index (χ1n) is 3.68.